The summed E-state index contributed by atoms with van der Waals surface area (Å²) in [6, 6.07) is 14.5. The number of carbonyl (C=O) groups excluding carboxylic acids is 1. The fraction of sp³-hybridized carbons (Fsp3) is 0.158. The highest BCUT2D eigenvalue weighted by molar-refractivity contribution is 7.73. The number of ether oxygens (including phenoxy) is 2. The molecule has 0 saturated heterocycles. The van der Waals surface area contributed by atoms with Crippen molar-refractivity contribution in [2.75, 3.05) is 24.8 Å². The van der Waals surface area contributed by atoms with Gasteiger partial charge in [0.15, 0.2) is 3.95 Å². The maximum atomic E-state index is 12.7. The molecule has 0 bridgehead atoms. The summed E-state index contributed by atoms with van der Waals surface area (Å²) in [7, 11) is 1.60. The largest absolute Gasteiger partial charge is 0.497 e. The summed E-state index contributed by atoms with van der Waals surface area (Å²) in [4.78, 5) is 13.0. The van der Waals surface area contributed by atoms with Crippen LogP contribution in [0, 0.1) is 3.95 Å². The Hall–Kier alpha value is -2.84. The molecule has 3 aromatic rings. The lowest BCUT2D eigenvalue weighted by molar-refractivity contribution is 0.103. The number of carbonyl (C=O) groups is 1. The van der Waals surface area contributed by atoms with Gasteiger partial charge in [-0.25, -0.2) is 0 Å². The van der Waals surface area contributed by atoms with Crippen molar-refractivity contribution in [3.05, 3.63) is 57.4 Å². The third-order valence-electron chi connectivity index (χ3n) is 3.81. The molecular formula is C19H19N3O3S2. The molecule has 2 aromatic carbocycles. The lowest BCUT2D eigenvalue weighted by Gasteiger charge is -2.08. The maximum Gasteiger partial charge on any atom is 0.269 e. The highest BCUT2D eigenvalue weighted by Crippen LogP contribution is 2.28. The van der Waals surface area contributed by atoms with Gasteiger partial charge in [0.1, 0.15) is 22.2 Å². The van der Waals surface area contributed by atoms with Crippen molar-refractivity contribution in [2.45, 2.75) is 6.92 Å². The first kappa shape index (κ1) is 18.9. The number of amides is 1. The van der Waals surface area contributed by atoms with E-state index in [1.807, 2.05) is 31.2 Å². The fourth-order valence-electron chi connectivity index (χ4n) is 2.51. The van der Waals surface area contributed by atoms with E-state index in [1.165, 1.54) is 11.3 Å². The van der Waals surface area contributed by atoms with Crippen LogP contribution in [0.5, 0.6) is 11.5 Å². The molecule has 1 aromatic heterocycles. The van der Waals surface area contributed by atoms with E-state index in [-0.39, 0.29) is 5.91 Å². The Balaban J connectivity index is 1.84. The highest BCUT2D eigenvalue weighted by atomic mass is 32.1. The normalized spacial score (nSPS) is 10.4. The number of methoxy groups -OCH3 is 1. The first-order chi connectivity index (χ1) is 13.0. The zero-order valence-electron chi connectivity index (χ0n) is 14.9. The van der Waals surface area contributed by atoms with E-state index in [2.05, 4.69) is 5.32 Å². The number of hydrogen-bond donors (Lipinski definition) is 2. The number of nitrogen functional groups attached to an aromatic ring is 1. The summed E-state index contributed by atoms with van der Waals surface area (Å²) in [6.07, 6.45) is 0. The summed E-state index contributed by atoms with van der Waals surface area (Å²) in [6.45, 7) is 2.50. The minimum absolute atomic E-state index is 0.304. The molecule has 0 aliphatic carbocycles. The topological polar surface area (TPSA) is 78.5 Å². The number of rotatable bonds is 6. The molecular weight excluding hydrogens is 382 g/mol. The third-order valence-corrected chi connectivity index (χ3v) is 5.19. The Labute approximate surface area is 166 Å². The molecule has 0 fully saturated rings. The lowest BCUT2D eigenvalue weighted by atomic mass is 10.3. The van der Waals surface area contributed by atoms with Gasteiger partial charge < -0.3 is 20.5 Å². The highest BCUT2D eigenvalue weighted by Gasteiger charge is 2.18. The Morgan fingerprint density at radius 2 is 1.78 bits per heavy atom. The van der Waals surface area contributed by atoms with Crippen LogP contribution in [0.4, 0.5) is 11.5 Å². The van der Waals surface area contributed by atoms with Gasteiger partial charge in [-0.15, -0.1) is 0 Å². The molecule has 0 aliphatic heterocycles. The van der Waals surface area contributed by atoms with Crippen LogP contribution in [0.1, 0.15) is 16.6 Å². The minimum Gasteiger partial charge on any atom is -0.497 e. The Bertz CT molecular complexity index is 993. The van der Waals surface area contributed by atoms with E-state index in [9.17, 15) is 4.79 Å². The molecule has 140 valence electrons. The maximum absolute atomic E-state index is 12.7. The summed E-state index contributed by atoms with van der Waals surface area (Å²) in [5.41, 5.74) is 7.64. The number of aromatic nitrogens is 1. The van der Waals surface area contributed by atoms with E-state index in [1.54, 1.807) is 35.9 Å². The number of nitrogens with zero attached hydrogens (tertiary/aromatic N) is 1. The van der Waals surface area contributed by atoms with E-state index in [0.29, 0.717) is 26.9 Å². The molecule has 0 radical (unpaired) electrons. The smallest absolute Gasteiger partial charge is 0.269 e. The van der Waals surface area contributed by atoms with Crippen LogP contribution >= 0.6 is 23.6 Å². The number of hydrogen-bond acceptors (Lipinski definition) is 6. The van der Waals surface area contributed by atoms with Crippen molar-refractivity contribution >= 4 is 41.0 Å². The lowest BCUT2D eigenvalue weighted by Crippen LogP contribution is -2.13. The molecule has 0 saturated carbocycles. The van der Waals surface area contributed by atoms with Crippen LogP contribution in [-0.2, 0) is 0 Å². The van der Waals surface area contributed by atoms with Gasteiger partial charge in [-0.3, -0.25) is 9.36 Å². The SMILES string of the molecule is CCOc1ccc(NC(=O)c2sc(=S)n(-c3ccc(OC)cc3)c2N)cc1. The Morgan fingerprint density at radius 1 is 1.15 bits per heavy atom. The molecule has 0 unspecified atom stereocenters. The van der Waals surface area contributed by atoms with Crippen molar-refractivity contribution in [1.29, 1.82) is 0 Å². The van der Waals surface area contributed by atoms with E-state index in [0.717, 1.165) is 17.2 Å². The minimum atomic E-state index is -0.306. The summed E-state index contributed by atoms with van der Waals surface area (Å²) >= 11 is 6.58. The second-order valence-corrected chi connectivity index (χ2v) is 7.17. The fourth-order valence-corrected chi connectivity index (χ4v) is 3.78. The van der Waals surface area contributed by atoms with Crippen LogP contribution in [0.2, 0.25) is 0 Å². The van der Waals surface area contributed by atoms with Crippen molar-refractivity contribution in [3.8, 4) is 17.2 Å². The molecule has 1 heterocycles. The van der Waals surface area contributed by atoms with Crippen molar-refractivity contribution in [3.63, 3.8) is 0 Å². The average molecular weight is 402 g/mol. The van der Waals surface area contributed by atoms with Gasteiger partial charge >= 0.3 is 0 Å². The molecule has 27 heavy (non-hydrogen) atoms. The van der Waals surface area contributed by atoms with Gasteiger partial charge in [-0.05, 0) is 67.7 Å². The van der Waals surface area contributed by atoms with Crippen LogP contribution in [-0.4, -0.2) is 24.2 Å². The monoisotopic (exact) mass is 401 g/mol. The van der Waals surface area contributed by atoms with Gasteiger partial charge in [0, 0.05) is 11.4 Å². The summed E-state index contributed by atoms with van der Waals surface area (Å²) < 4.78 is 12.7. The van der Waals surface area contributed by atoms with E-state index >= 15 is 0 Å². The molecule has 8 heteroatoms. The second kappa shape index (κ2) is 8.24. The van der Waals surface area contributed by atoms with Gasteiger partial charge in [0.2, 0.25) is 0 Å². The Kier molecular flexibility index (Phi) is 5.78. The molecule has 1 amide bonds. The first-order valence-corrected chi connectivity index (χ1v) is 9.46. The van der Waals surface area contributed by atoms with Gasteiger partial charge in [0.25, 0.3) is 5.91 Å². The quantitative estimate of drug-likeness (QED) is 0.594. The molecule has 3 N–H and O–H groups in total. The van der Waals surface area contributed by atoms with Crippen LogP contribution in [0.25, 0.3) is 5.69 Å². The van der Waals surface area contributed by atoms with Crippen molar-refractivity contribution in [1.82, 2.24) is 4.57 Å². The molecule has 6 nitrogen and oxygen atoms in total. The zero-order valence-corrected chi connectivity index (χ0v) is 16.5. The average Bonchev–Trinajstić information content (AvgIpc) is 2.98. The summed E-state index contributed by atoms with van der Waals surface area (Å²) in [5, 5.41) is 2.83. The van der Waals surface area contributed by atoms with Gasteiger partial charge in [-0.1, -0.05) is 11.3 Å². The Morgan fingerprint density at radius 3 is 2.37 bits per heavy atom. The molecule has 0 atom stereocenters. The number of benzene rings is 2. The summed E-state index contributed by atoms with van der Waals surface area (Å²) in [5.74, 6) is 1.47. The number of nitrogens with one attached hydrogen (secondary N) is 1. The first-order valence-electron chi connectivity index (χ1n) is 8.23. The van der Waals surface area contributed by atoms with Gasteiger partial charge in [0.05, 0.1) is 13.7 Å². The van der Waals surface area contributed by atoms with Crippen molar-refractivity contribution in [2.24, 2.45) is 0 Å². The number of anilines is 2. The van der Waals surface area contributed by atoms with E-state index in [4.69, 9.17) is 27.4 Å². The number of thiazole rings is 1. The molecule has 0 aliphatic rings. The predicted molar refractivity (Wildman–Crippen MR) is 111 cm³/mol. The molecule has 3 rings (SSSR count). The third kappa shape index (κ3) is 4.12. The van der Waals surface area contributed by atoms with Crippen LogP contribution in [0.15, 0.2) is 48.5 Å². The number of nitrogens with two attached hydrogens (primary N) is 1. The van der Waals surface area contributed by atoms with Crippen LogP contribution in [0.3, 0.4) is 0 Å². The van der Waals surface area contributed by atoms with Gasteiger partial charge in [-0.2, -0.15) is 0 Å². The molecule has 0 spiro atoms. The zero-order chi connectivity index (χ0) is 19.4. The van der Waals surface area contributed by atoms with Crippen LogP contribution < -0.4 is 20.5 Å². The standard InChI is InChI=1S/C19H19N3O3S2/c1-3-25-15-8-4-12(5-9-15)21-18(23)16-17(20)22(19(26)27-16)13-6-10-14(24-2)11-7-13/h4-11H,3,20H2,1-2H3,(H,21,23). The van der Waals surface area contributed by atoms with Crippen molar-refractivity contribution < 1.29 is 14.3 Å². The predicted octanol–water partition coefficient (Wildman–Crippen LogP) is 4.51. The second-order valence-electron chi connectivity index (χ2n) is 5.53. The van der Waals surface area contributed by atoms with E-state index < -0.39 is 0 Å².